The number of piperidine rings is 1. The van der Waals surface area contributed by atoms with Gasteiger partial charge in [-0.2, -0.15) is 0 Å². The first-order valence-electron chi connectivity index (χ1n) is 7.53. The zero-order valence-corrected chi connectivity index (χ0v) is 13.9. The molecule has 2 unspecified atom stereocenters. The minimum atomic E-state index is 0.329. The lowest BCUT2D eigenvalue weighted by molar-refractivity contribution is 0.0498. The number of ether oxygens (including phenoxy) is 1. The number of anilines is 1. The fourth-order valence-corrected chi connectivity index (χ4v) is 3.39. The second kappa shape index (κ2) is 7.38. The molecule has 1 fully saturated rings. The highest BCUT2D eigenvalue weighted by molar-refractivity contribution is 7.13. The molecule has 0 aromatic carbocycles. The molecule has 1 aliphatic heterocycles. The number of hydrogen-bond acceptors (Lipinski definition) is 5. The molecule has 1 aromatic rings. The summed E-state index contributed by atoms with van der Waals surface area (Å²) in [7, 11) is 1.81. The van der Waals surface area contributed by atoms with Gasteiger partial charge in [0.25, 0.3) is 0 Å². The summed E-state index contributed by atoms with van der Waals surface area (Å²) in [6, 6.07) is 0. The smallest absolute Gasteiger partial charge is 0.185 e. The van der Waals surface area contributed by atoms with Crippen molar-refractivity contribution in [1.29, 1.82) is 0 Å². The number of thiazole rings is 1. The molecular formula is C15H27N3OS. The van der Waals surface area contributed by atoms with E-state index < -0.39 is 0 Å². The van der Waals surface area contributed by atoms with E-state index >= 15 is 0 Å². The monoisotopic (exact) mass is 297 g/mol. The lowest BCUT2D eigenvalue weighted by Crippen LogP contribution is -2.43. The van der Waals surface area contributed by atoms with Gasteiger partial charge in [-0.1, -0.05) is 20.8 Å². The maximum absolute atomic E-state index is 5.58. The number of nitrogens with one attached hydrogen (secondary N) is 1. The predicted molar refractivity (Wildman–Crippen MR) is 85.4 cm³/mol. The molecule has 0 aliphatic carbocycles. The van der Waals surface area contributed by atoms with E-state index in [9.17, 15) is 0 Å². The van der Waals surface area contributed by atoms with Gasteiger partial charge in [-0.15, -0.1) is 11.3 Å². The number of methoxy groups -OCH3 is 1. The third kappa shape index (κ3) is 4.17. The molecule has 2 heterocycles. The standard InChI is InChI=1S/C15H27N3OS/c1-11(2)7-16-8-13-10-20-15(17-13)18-6-5-12(3)14(9-18)19-4/h10-12,14,16H,5-9H2,1-4H3. The average Bonchev–Trinajstić information content (AvgIpc) is 2.87. The minimum Gasteiger partial charge on any atom is -0.379 e. The van der Waals surface area contributed by atoms with Gasteiger partial charge in [0.05, 0.1) is 11.8 Å². The average molecular weight is 297 g/mol. The summed E-state index contributed by atoms with van der Waals surface area (Å²) in [5.41, 5.74) is 1.15. The van der Waals surface area contributed by atoms with Crippen molar-refractivity contribution < 1.29 is 4.74 Å². The van der Waals surface area contributed by atoms with E-state index in [-0.39, 0.29) is 0 Å². The molecule has 0 spiro atoms. The van der Waals surface area contributed by atoms with Crippen molar-refractivity contribution in [3.63, 3.8) is 0 Å². The van der Waals surface area contributed by atoms with Crippen molar-refractivity contribution in [3.8, 4) is 0 Å². The number of rotatable bonds is 6. The summed E-state index contributed by atoms with van der Waals surface area (Å²) in [4.78, 5) is 7.12. The maximum atomic E-state index is 5.58. The molecule has 0 amide bonds. The number of nitrogens with zero attached hydrogens (tertiary/aromatic N) is 2. The van der Waals surface area contributed by atoms with Gasteiger partial charge in [0.2, 0.25) is 0 Å². The summed E-state index contributed by atoms with van der Waals surface area (Å²) in [6.07, 6.45) is 1.51. The molecule has 1 aromatic heterocycles. The van der Waals surface area contributed by atoms with Gasteiger partial charge in [0.1, 0.15) is 0 Å². The van der Waals surface area contributed by atoms with Crippen LogP contribution in [0.1, 0.15) is 32.9 Å². The Hall–Kier alpha value is -0.650. The third-order valence-electron chi connectivity index (χ3n) is 3.86. The second-order valence-corrected chi connectivity index (χ2v) is 6.97. The van der Waals surface area contributed by atoms with Crippen LogP contribution in [0, 0.1) is 11.8 Å². The molecule has 0 saturated carbocycles. The summed E-state index contributed by atoms with van der Waals surface area (Å²) >= 11 is 1.75. The third-order valence-corrected chi connectivity index (χ3v) is 4.81. The molecule has 1 saturated heterocycles. The van der Waals surface area contributed by atoms with Gasteiger partial charge in [-0.3, -0.25) is 0 Å². The highest BCUT2D eigenvalue weighted by Gasteiger charge is 2.27. The molecular weight excluding hydrogens is 270 g/mol. The van der Waals surface area contributed by atoms with E-state index in [2.05, 4.69) is 36.4 Å². The van der Waals surface area contributed by atoms with Gasteiger partial charge in [0.15, 0.2) is 5.13 Å². The predicted octanol–water partition coefficient (Wildman–Crippen LogP) is 2.75. The molecule has 2 atom stereocenters. The molecule has 4 nitrogen and oxygen atoms in total. The highest BCUT2D eigenvalue weighted by atomic mass is 32.1. The summed E-state index contributed by atoms with van der Waals surface area (Å²) in [5, 5.41) is 6.75. The Labute approximate surface area is 126 Å². The van der Waals surface area contributed by atoms with Crippen LogP contribution in [0.3, 0.4) is 0 Å². The summed E-state index contributed by atoms with van der Waals surface area (Å²) in [5.74, 6) is 1.32. The van der Waals surface area contributed by atoms with E-state index in [0.717, 1.165) is 37.0 Å². The summed E-state index contributed by atoms with van der Waals surface area (Å²) in [6.45, 7) is 10.7. The lowest BCUT2D eigenvalue weighted by atomic mass is 9.96. The molecule has 0 radical (unpaired) electrons. The van der Waals surface area contributed by atoms with E-state index in [4.69, 9.17) is 9.72 Å². The van der Waals surface area contributed by atoms with Crippen LogP contribution < -0.4 is 10.2 Å². The molecule has 114 valence electrons. The Morgan fingerprint density at radius 1 is 1.55 bits per heavy atom. The van der Waals surface area contributed by atoms with E-state index in [1.165, 1.54) is 6.42 Å². The quantitative estimate of drug-likeness (QED) is 0.876. The topological polar surface area (TPSA) is 37.4 Å². The molecule has 2 rings (SSSR count). The van der Waals surface area contributed by atoms with E-state index in [1.807, 2.05) is 7.11 Å². The first-order chi connectivity index (χ1) is 9.60. The fraction of sp³-hybridized carbons (Fsp3) is 0.800. The van der Waals surface area contributed by atoms with E-state index in [1.54, 1.807) is 11.3 Å². The Morgan fingerprint density at radius 2 is 2.35 bits per heavy atom. The minimum absolute atomic E-state index is 0.329. The van der Waals surface area contributed by atoms with Crippen LogP contribution in [-0.2, 0) is 11.3 Å². The van der Waals surface area contributed by atoms with Crippen molar-refractivity contribution >= 4 is 16.5 Å². The summed E-state index contributed by atoms with van der Waals surface area (Å²) < 4.78 is 5.58. The fourth-order valence-electron chi connectivity index (χ4n) is 2.53. The van der Waals surface area contributed by atoms with Gasteiger partial charge in [-0.25, -0.2) is 4.98 Å². The molecule has 1 aliphatic rings. The Kier molecular flexibility index (Phi) is 5.81. The van der Waals surface area contributed by atoms with Crippen LogP contribution >= 0.6 is 11.3 Å². The molecule has 1 N–H and O–H groups in total. The van der Waals surface area contributed by atoms with Crippen LogP contribution in [0.5, 0.6) is 0 Å². The van der Waals surface area contributed by atoms with Crippen LogP contribution in [0.15, 0.2) is 5.38 Å². The van der Waals surface area contributed by atoms with Gasteiger partial charge >= 0.3 is 0 Å². The Balaban J connectivity index is 1.88. The van der Waals surface area contributed by atoms with Crippen molar-refractivity contribution in [2.75, 3.05) is 31.6 Å². The van der Waals surface area contributed by atoms with E-state index in [0.29, 0.717) is 17.9 Å². The zero-order chi connectivity index (χ0) is 14.5. The Morgan fingerprint density at radius 3 is 3.05 bits per heavy atom. The SMILES string of the molecule is COC1CN(c2nc(CNCC(C)C)cs2)CCC1C. The second-order valence-electron chi connectivity index (χ2n) is 6.13. The number of aromatic nitrogens is 1. The molecule has 20 heavy (non-hydrogen) atoms. The maximum Gasteiger partial charge on any atom is 0.185 e. The van der Waals surface area contributed by atoms with Crippen molar-refractivity contribution in [1.82, 2.24) is 10.3 Å². The van der Waals surface area contributed by atoms with Crippen molar-refractivity contribution in [3.05, 3.63) is 11.1 Å². The van der Waals surface area contributed by atoms with Gasteiger partial charge < -0.3 is 15.0 Å². The Bertz CT molecular complexity index is 408. The van der Waals surface area contributed by atoms with Gasteiger partial charge in [-0.05, 0) is 24.8 Å². The normalized spacial score (nSPS) is 23.6. The first-order valence-corrected chi connectivity index (χ1v) is 8.41. The molecule has 0 bridgehead atoms. The largest absolute Gasteiger partial charge is 0.379 e. The van der Waals surface area contributed by atoms with Crippen molar-refractivity contribution in [2.45, 2.75) is 39.8 Å². The molecule has 5 heteroatoms. The highest BCUT2D eigenvalue weighted by Crippen LogP contribution is 2.27. The number of hydrogen-bond donors (Lipinski definition) is 1. The zero-order valence-electron chi connectivity index (χ0n) is 13.1. The lowest BCUT2D eigenvalue weighted by Gasteiger charge is -2.36. The van der Waals surface area contributed by atoms with Crippen LogP contribution in [0.25, 0.3) is 0 Å². The van der Waals surface area contributed by atoms with Crippen LogP contribution in [0.4, 0.5) is 5.13 Å². The van der Waals surface area contributed by atoms with Crippen molar-refractivity contribution in [2.24, 2.45) is 11.8 Å². The first kappa shape index (κ1) is 15.7. The van der Waals surface area contributed by atoms with Crippen LogP contribution in [0.2, 0.25) is 0 Å². The van der Waals surface area contributed by atoms with Crippen LogP contribution in [-0.4, -0.2) is 37.8 Å². The van der Waals surface area contributed by atoms with Gasteiger partial charge in [0, 0.05) is 32.1 Å².